The highest BCUT2D eigenvalue weighted by Crippen LogP contribution is 2.45. The van der Waals surface area contributed by atoms with Crippen LogP contribution in [0.5, 0.6) is 0 Å². The lowest BCUT2D eigenvalue weighted by atomic mass is 10.0. The van der Waals surface area contributed by atoms with Crippen LogP contribution in [0.1, 0.15) is 6.23 Å². The molecule has 1 saturated heterocycles. The molecule has 0 spiro atoms. The lowest BCUT2D eigenvalue weighted by Gasteiger charge is -2.31. The zero-order valence-corrected chi connectivity index (χ0v) is 11.8. The van der Waals surface area contributed by atoms with Crippen LogP contribution in [0.4, 0.5) is 4.39 Å². The second-order valence-electron chi connectivity index (χ2n) is 4.73. The van der Waals surface area contributed by atoms with Gasteiger partial charge in [0.15, 0.2) is 12.3 Å². The zero-order valence-electron chi connectivity index (χ0n) is 10.9. The Morgan fingerprint density at radius 3 is 2.68 bits per heavy atom. The highest BCUT2D eigenvalue weighted by molar-refractivity contribution is 7.46. The molecule has 0 amide bonds. The predicted octanol–water partition coefficient (Wildman–Crippen LogP) is -1.84. The van der Waals surface area contributed by atoms with Gasteiger partial charge in [-0.25, -0.2) is 8.96 Å². The molecule has 0 radical (unpaired) electrons. The third-order valence-electron chi connectivity index (χ3n) is 3.16. The Labute approximate surface area is 122 Å². The summed E-state index contributed by atoms with van der Waals surface area (Å²) in [4.78, 5) is 28.9. The number of aliphatic hydroxyl groups is 2. The Morgan fingerprint density at radius 2 is 2.14 bits per heavy atom. The minimum atomic E-state index is -5.03. The van der Waals surface area contributed by atoms with Crippen molar-refractivity contribution in [3.63, 3.8) is 0 Å². The molecule has 4 atom stereocenters. The molecule has 0 bridgehead atoms. The van der Waals surface area contributed by atoms with E-state index in [0.29, 0.717) is 0 Å². The number of nitrogens with zero attached hydrogens (tertiary/aromatic N) is 1. The first-order valence-corrected chi connectivity index (χ1v) is 7.44. The molecule has 0 aromatic carbocycles. The van der Waals surface area contributed by atoms with Crippen molar-refractivity contribution < 1.29 is 38.2 Å². The topological polar surface area (TPSA) is 164 Å². The van der Waals surface area contributed by atoms with E-state index in [9.17, 15) is 24.0 Å². The van der Waals surface area contributed by atoms with Crippen LogP contribution in [0.2, 0.25) is 0 Å². The highest BCUT2D eigenvalue weighted by Gasteiger charge is 2.66. The summed E-state index contributed by atoms with van der Waals surface area (Å²) in [6, 6.07) is 3.86. The molecule has 1 aliphatic heterocycles. The fraction of sp³-hybridized carbons (Fsp3) is 0.500. The van der Waals surface area contributed by atoms with Crippen LogP contribution in [-0.2, 0) is 13.8 Å². The first-order valence-electron chi connectivity index (χ1n) is 5.91. The number of rotatable bonds is 4. The van der Waals surface area contributed by atoms with Crippen LogP contribution in [0.3, 0.4) is 0 Å². The van der Waals surface area contributed by atoms with Crippen LogP contribution in [0, 0.1) is 0 Å². The molecular weight excluding hydrogens is 326 g/mol. The van der Waals surface area contributed by atoms with E-state index in [-0.39, 0.29) is 0 Å². The maximum atomic E-state index is 14.3. The fourth-order valence-electron chi connectivity index (χ4n) is 1.98. The second kappa shape index (κ2) is 5.48. The molecule has 0 unspecified atom stereocenters. The van der Waals surface area contributed by atoms with Gasteiger partial charge in [0, 0.05) is 12.3 Å². The van der Waals surface area contributed by atoms with Crippen molar-refractivity contribution in [3.05, 3.63) is 34.7 Å². The van der Waals surface area contributed by atoms with Crippen molar-refractivity contribution >= 4 is 7.82 Å². The van der Waals surface area contributed by atoms with Crippen molar-refractivity contribution in [2.75, 3.05) is 6.61 Å². The number of pyridine rings is 1. The number of nitrogens with two attached hydrogens (primary N) is 1. The van der Waals surface area contributed by atoms with Crippen molar-refractivity contribution in [1.82, 2.24) is 4.57 Å². The van der Waals surface area contributed by atoms with Crippen molar-refractivity contribution in [2.24, 2.45) is 5.73 Å². The van der Waals surface area contributed by atoms with E-state index in [1.54, 1.807) is 0 Å². The van der Waals surface area contributed by atoms with Gasteiger partial charge >= 0.3 is 7.82 Å². The highest BCUT2D eigenvalue weighted by atomic mass is 31.2. The number of phosphoric ester groups is 1. The molecule has 2 heterocycles. The van der Waals surface area contributed by atoms with Gasteiger partial charge in [0.25, 0.3) is 11.4 Å². The molecular formula is C10H14FN2O8P. The van der Waals surface area contributed by atoms with Crippen molar-refractivity contribution in [3.8, 4) is 0 Å². The molecule has 1 fully saturated rings. The van der Waals surface area contributed by atoms with Crippen LogP contribution in [-0.4, -0.2) is 48.9 Å². The van der Waals surface area contributed by atoms with Gasteiger partial charge in [-0.3, -0.25) is 19.6 Å². The molecule has 2 rings (SSSR count). The Morgan fingerprint density at radius 1 is 1.50 bits per heavy atom. The standard InChI is InChI=1S/C10H14FN2O8P/c11-10(16)7(15)8(13-4-2-1-3-6(13)14)21-9(10,12)5-20-22(17,18)19/h1-4,7-8,15-16H,5,12H2,(H2,17,18,19)/t7-,8+,9+,10-/m0/s1. The fourth-order valence-corrected chi connectivity index (χ4v) is 2.34. The van der Waals surface area contributed by atoms with E-state index in [4.69, 9.17) is 20.3 Å². The van der Waals surface area contributed by atoms with Crippen LogP contribution in [0.15, 0.2) is 29.2 Å². The predicted molar refractivity (Wildman–Crippen MR) is 67.8 cm³/mol. The van der Waals surface area contributed by atoms with Gasteiger partial charge in [-0.15, -0.1) is 0 Å². The molecule has 6 N–H and O–H groups in total. The normalized spacial score (nSPS) is 35.7. The van der Waals surface area contributed by atoms with Gasteiger partial charge in [-0.2, -0.15) is 0 Å². The Bertz CT molecular complexity index is 660. The van der Waals surface area contributed by atoms with Gasteiger partial charge in [-0.1, -0.05) is 6.07 Å². The van der Waals surface area contributed by atoms with Gasteiger partial charge < -0.3 is 24.7 Å². The number of aliphatic hydroxyl groups excluding tert-OH is 1. The van der Waals surface area contributed by atoms with Gasteiger partial charge in [0.05, 0.1) is 0 Å². The quantitative estimate of drug-likeness (QED) is 0.396. The molecule has 1 aliphatic rings. The molecule has 22 heavy (non-hydrogen) atoms. The Kier molecular flexibility index (Phi) is 4.28. The molecule has 1 aromatic rings. The SMILES string of the molecule is N[C@]1(COP(=O)(O)O)O[C@@H](n2ccccc2=O)[C@H](O)[C@@]1(O)F. The summed E-state index contributed by atoms with van der Waals surface area (Å²) in [6.07, 6.45) is -2.85. The minimum Gasteiger partial charge on any atom is -0.382 e. The van der Waals surface area contributed by atoms with Gasteiger partial charge in [0.2, 0.25) is 5.72 Å². The monoisotopic (exact) mass is 340 g/mol. The maximum Gasteiger partial charge on any atom is 0.469 e. The van der Waals surface area contributed by atoms with E-state index in [1.165, 1.54) is 12.1 Å². The molecule has 0 saturated carbocycles. The summed E-state index contributed by atoms with van der Waals surface area (Å²) in [5.74, 6) is -3.62. The van der Waals surface area contributed by atoms with Gasteiger partial charge in [-0.05, 0) is 6.07 Å². The summed E-state index contributed by atoms with van der Waals surface area (Å²) >= 11 is 0. The summed E-state index contributed by atoms with van der Waals surface area (Å²) in [5, 5.41) is 19.5. The van der Waals surface area contributed by atoms with E-state index in [1.807, 2.05) is 0 Å². The Hall–Kier alpha value is -1.17. The average Bonchev–Trinajstić information content (AvgIpc) is 2.58. The lowest BCUT2D eigenvalue weighted by molar-refractivity contribution is -0.229. The largest absolute Gasteiger partial charge is 0.469 e. The molecule has 0 aliphatic carbocycles. The number of phosphoric acid groups is 1. The summed E-state index contributed by atoms with van der Waals surface area (Å²) in [7, 11) is -5.03. The van der Waals surface area contributed by atoms with E-state index in [0.717, 1.165) is 16.8 Å². The van der Waals surface area contributed by atoms with Gasteiger partial charge in [0.1, 0.15) is 6.61 Å². The minimum absolute atomic E-state index is 0.678. The average molecular weight is 340 g/mol. The van der Waals surface area contributed by atoms with Crippen LogP contribution >= 0.6 is 7.82 Å². The molecule has 12 heteroatoms. The summed E-state index contributed by atoms with van der Waals surface area (Å²) < 4.78 is 34.7. The number of halogens is 1. The molecule has 1 aromatic heterocycles. The van der Waals surface area contributed by atoms with E-state index in [2.05, 4.69) is 4.52 Å². The smallest absolute Gasteiger partial charge is 0.382 e. The number of hydrogen-bond donors (Lipinski definition) is 5. The third kappa shape index (κ3) is 2.98. The summed E-state index contributed by atoms with van der Waals surface area (Å²) in [5.41, 5.74) is 1.94. The summed E-state index contributed by atoms with van der Waals surface area (Å²) in [6.45, 7) is -1.26. The van der Waals surface area contributed by atoms with Crippen LogP contribution < -0.4 is 11.3 Å². The molecule has 10 nitrogen and oxygen atoms in total. The first kappa shape index (κ1) is 17.2. The number of ether oxygens (including phenoxy) is 1. The number of aromatic nitrogens is 1. The van der Waals surface area contributed by atoms with E-state index < -0.39 is 43.9 Å². The molecule has 124 valence electrons. The van der Waals surface area contributed by atoms with Crippen molar-refractivity contribution in [2.45, 2.75) is 23.9 Å². The first-order chi connectivity index (χ1) is 9.98. The lowest BCUT2D eigenvalue weighted by Crippen LogP contribution is -2.61. The maximum absolute atomic E-state index is 14.3. The number of alkyl halides is 1. The van der Waals surface area contributed by atoms with Crippen molar-refractivity contribution in [1.29, 1.82) is 0 Å². The third-order valence-corrected chi connectivity index (χ3v) is 3.62. The van der Waals surface area contributed by atoms with Crippen LogP contribution in [0.25, 0.3) is 0 Å². The number of hydrogen-bond acceptors (Lipinski definition) is 7. The van der Waals surface area contributed by atoms with E-state index >= 15 is 0 Å². The zero-order chi connectivity index (χ0) is 16.8. The Balaban J connectivity index is 2.34. The second-order valence-corrected chi connectivity index (χ2v) is 5.97.